The Morgan fingerprint density at radius 3 is 2.26 bits per heavy atom. The Hall–Kier alpha value is -3.43. The highest BCUT2D eigenvalue weighted by molar-refractivity contribution is 7.19. The van der Waals surface area contributed by atoms with Gasteiger partial charge in [-0.3, -0.25) is 4.98 Å². The number of furan rings is 1. The third-order valence-electron chi connectivity index (χ3n) is 7.38. The molecule has 6 rings (SSSR count). The Morgan fingerprint density at radius 2 is 1.51 bits per heavy atom. The molecule has 0 bridgehead atoms. The van der Waals surface area contributed by atoms with Gasteiger partial charge in [-0.15, -0.1) is 11.3 Å². The zero-order chi connectivity index (χ0) is 24.4. The first kappa shape index (κ1) is 22.1. The lowest BCUT2D eigenvalue weighted by molar-refractivity contribution is 0.673. The molecule has 0 spiro atoms. The summed E-state index contributed by atoms with van der Waals surface area (Å²) in [5, 5.41) is 3.56. The molecule has 0 atom stereocenters. The zero-order valence-electron chi connectivity index (χ0n) is 21.1. The molecule has 3 heteroatoms. The molecule has 3 aromatic heterocycles. The van der Waals surface area contributed by atoms with Gasteiger partial charge in [0.2, 0.25) is 0 Å². The van der Waals surface area contributed by atoms with Crippen molar-refractivity contribution in [1.29, 1.82) is 0 Å². The van der Waals surface area contributed by atoms with Crippen LogP contribution >= 0.6 is 11.3 Å². The molecule has 0 amide bonds. The summed E-state index contributed by atoms with van der Waals surface area (Å²) >= 11 is 1.84. The molecule has 3 aromatic carbocycles. The summed E-state index contributed by atoms with van der Waals surface area (Å²) in [6.45, 7) is 13.3. The average molecular weight is 476 g/mol. The van der Waals surface area contributed by atoms with Gasteiger partial charge < -0.3 is 4.42 Å². The number of fused-ring (bicyclic) bond motifs is 5. The lowest BCUT2D eigenvalue weighted by atomic mass is 9.88. The monoisotopic (exact) mass is 475 g/mol. The Labute approximate surface area is 210 Å². The third kappa shape index (κ3) is 3.33. The largest absolute Gasteiger partial charge is 0.455 e. The first-order valence-corrected chi connectivity index (χ1v) is 13.1. The van der Waals surface area contributed by atoms with Crippen molar-refractivity contribution in [1.82, 2.24) is 4.98 Å². The fraction of sp³-hybridized carbons (Fsp3) is 0.219. The Bertz CT molecular complexity index is 1750. The van der Waals surface area contributed by atoms with Crippen LogP contribution in [0.25, 0.3) is 54.4 Å². The number of hydrogen-bond donors (Lipinski definition) is 0. The molecular formula is C32H29NOS. The van der Waals surface area contributed by atoms with Gasteiger partial charge >= 0.3 is 0 Å². The molecule has 6 aromatic rings. The van der Waals surface area contributed by atoms with Crippen LogP contribution in [0.3, 0.4) is 0 Å². The second-order valence-electron chi connectivity index (χ2n) is 9.96. The van der Waals surface area contributed by atoms with Crippen molar-refractivity contribution in [2.45, 2.75) is 47.5 Å². The van der Waals surface area contributed by atoms with Crippen molar-refractivity contribution in [2.75, 3.05) is 0 Å². The van der Waals surface area contributed by atoms with Gasteiger partial charge in [-0.2, -0.15) is 0 Å². The molecule has 0 saturated carbocycles. The number of hydrogen-bond acceptors (Lipinski definition) is 3. The van der Waals surface area contributed by atoms with Crippen LogP contribution in [0, 0.1) is 27.7 Å². The quantitative estimate of drug-likeness (QED) is 0.254. The fourth-order valence-electron chi connectivity index (χ4n) is 5.43. The van der Waals surface area contributed by atoms with E-state index in [2.05, 4.69) is 102 Å². The van der Waals surface area contributed by atoms with Crippen LogP contribution < -0.4 is 0 Å². The molecular weight excluding hydrogens is 446 g/mol. The van der Waals surface area contributed by atoms with Crippen LogP contribution in [0.5, 0.6) is 0 Å². The summed E-state index contributed by atoms with van der Waals surface area (Å²) in [6, 6.07) is 19.7. The van der Waals surface area contributed by atoms with E-state index in [9.17, 15) is 0 Å². The highest BCUT2D eigenvalue weighted by Crippen LogP contribution is 2.43. The van der Waals surface area contributed by atoms with Gasteiger partial charge in [0.1, 0.15) is 11.2 Å². The van der Waals surface area contributed by atoms with Crippen molar-refractivity contribution in [3.63, 3.8) is 0 Å². The molecule has 0 unspecified atom stereocenters. The normalized spacial score (nSPS) is 12.0. The van der Waals surface area contributed by atoms with Gasteiger partial charge in [-0.1, -0.05) is 44.2 Å². The zero-order valence-corrected chi connectivity index (χ0v) is 21.9. The summed E-state index contributed by atoms with van der Waals surface area (Å²) in [5.74, 6) is 0.380. The third-order valence-corrected chi connectivity index (χ3v) is 8.55. The molecule has 0 N–H and O–H groups in total. The van der Waals surface area contributed by atoms with Crippen LogP contribution in [0.1, 0.15) is 46.9 Å². The maximum absolute atomic E-state index is 6.68. The van der Waals surface area contributed by atoms with E-state index in [-0.39, 0.29) is 0 Å². The standard InChI is InChI=1S/C32H29NOS/c1-17(2)26-16-33-27(15-25(26)29-18(3)9-7-10-19(29)4)24-12-8-11-22-23-13-14-28-30(20(5)21(6)35-28)32(23)34-31(22)24/h7-17H,1-6H3. The number of para-hydroxylation sites is 1. The summed E-state index contributed by atoms with van der Waals surface area (Å²) < 4.78 is 7.97. The molecule has 0 saturated heterocycles. The van der Waals surface area contributed by atoms with Gasteiger partial charge in [0.05, 0.1) is 5.69 Å². The first-order valence-electron chi connectivity index (χ1n) is 12.3. The number of aryl methyl sites for hydroxylation is 4. The van der Waals surface area contributed by atoms with Crippen molar-refractivity contribution < 1.29 is 4.42 Å². The number of nitrogens with zero attached hydrogens (tertiary/aromatic N) is 1. The summed E-state index contributed by atoms with van der Waals surface area (Å²) in [6.07, 6.45) is 2.06. The maximum Gasteiger partial charge on any atom is 0.144 e. The number of rotatable bonds is 3. The van der Waals surface area contributed by atoms with E-state index in [1.165, 1.54) is 53.7 Å². The molecule has 3 heterocycles. The van der Waals surface area contributed by atoms with Crippen LogP contribution in [0.4, 0.5) is 0 Å². The van der Waals surface area contributed by atoms with Crippen LogP contribution in [0.2, 0.25) is 0 Å². The van der Waals surface area contributed by atoms with Gasteiger partial charge in [-0.25, -0.2) is 0 Å². The molecule has 2 nitrogen and oxygen atoms in total. The summed E-state index contributed by atoms with van der Waals surface area (Å²) in [4.78, 5) is 6.31. The van der Waals surface area contributed by atoms with E-state index in [0.29, 0.717) is 5.92 Å². The van der Waals surface area contributed by atoms with Crippen LogP contribution in [-0.4, -0.2) is 4.98 Å². The SMILES string of the molecule is Cc1cccc(C)c1-c1cc(-c2cccc3c2oc2c3ccc3sc(C)c(C)c32)ncc1C(C)C. The van der Waals surface area contributed by atoms with Gasteiger partial charge in [0.25, 0.3) is 0 Å². The maximum atomic E-state index is 6.68. The minimum absolute atomic E-state index is 0.380. The Morgan fingerprint density at radius 1 is 0.800 bits per heavy atom. The van der Waals surface area contributed by atoms with E-state index in [1.54, 1.807) is 0 Å². The van der Waals surface area contributed by atoms with Crippen molar-refractivity contribution in [2.24, 2.45) is 0 Å². The molecule has 0 radical (unpaired) electrons. The summed E-state index contributed by atoms with van der Waals surface area (Å²) in [5.41, 5.74) is 11.6. The second kappa shape index (κ2) is 8.07. The predicted molar refractivity (Wildman–Crippen MR) is 151 cm³/mol. The van der Waals surface area contributed by atoms with E-state index in [4.69, 9.17) is 9.40 Å². The molecule has 0 aliphatic carbocycles. The minimum atomic E-state index is 0.380. The smallest absolute Gasteiger partial charge is 0.144 e. The number of aromatic nitrogens is 1. The molecule has 174 valence electrons. The van der Waals surface area contributed by atoms with Gasteiger partial charge in [0, 0.05) is 37.5 Å². The van der Waals surface area contributed by atoms with Gasteiger partial charge in [-0.05, 0) is 91.3 Å². The molecule has 0 fully saturated rings. The van der Waals surface area contributed by atoms with Crippen molar-refractivity contribution in [3.8, 4) is 22.4 Å². The minimum Gasteiger partial charge on any atom is -0.455 e. The molecule has 0 aliphatic rings. The Kier molecular flexibility index (Phi) is 5.08. The van der Waals surface area contributed by atoms with E-state index >= 15 is 0 Å². The number of thiophene rings is 1. The first-order chi connectivity index (χ1) is 16.8. The van der Waals surface area contributed by atoms with Gasteiger partial charge in [0.15, 0.2) is 0 Å². The predicted octanol–water partition coefficient (Wildman–Crippen LogP) is 9.89. The molecule has 35 heavy (non-hydrogen) atoms. The van der Waals surface area contributed by atoms with Crippen molar-refractivity contribution >= 4 is 43.4 Å². The van der Waals surface area contributed by atoms with E-state index in [0.717, 1.165) is 27.8 Å². The van der Waals surface area contributed by atoms with E-state index in [1.807, 2.05) is 11.3 Å². The van der Waals surface area contributed by atoms with E-state index < -0.39 is 0 Å². The van der Waals surface area contributed by atoms with Crippen LogP contribution in [-0.2, 0) is 0 Å². The molecule has 0 aliphatic heterocycles. The fourth-order valence-corrected chi connectivity index (χ4v) is 6.50. The highest BCUT2D eigenvalue weighted by Gasteiger charge is 2.20. The number of benzene rings is 3. The topological polar surface area (TPSA) is 26.0 Å². The Balaban J connectivity index is 1.65. The lowest BCUT2D eigenvalue weighted by Gasteiger charge is -2.18. The second-order valence-corrected chi connectivity index (χ2v) is 11.2. The highest BCUT2D eigenvalue weighted by atomic mass is 32.1. The lowest BCUT2D eigenvalue weighted by Crippen LogP contribution is -1.99. The average Bonchev–Trinajstić information content (AvgIpc) is 3.35. The summed E-state index contributed by atoms with van der Waals surface area (Å²) in [7, 11) is 0. The van der Waals surface area contributed by atoms with Crippen molar-refractivity contribution in [3.05, 3.63) is 87.9 Å². The number of pyridine rings is 1. The van der Waals surface area contributed by atoms with Crippen LogP contribution in [0.15, 0.2) is 65.2 Å².